The Morgan fingerprint density at radius 1 is 1.25 bits per heavy atom. The molecule has 6 nitrogen and oxygen atoms in total. The molecule has 2 N–H and O–H groups in total. The van der Waals surface area contributed by atoms with Crippen molar-refractivity contribution in [2.24, 2.45) is 12.0 Å². The zero-order valence-corrected chi connectivity index (χ0v) is 21.5. The molecule has 0 saturated carbocycles. The van der Waals surface area contributed by atoms with Gasteiger partial charge >= 0.3 is 6.18 Å². The van der Waals surface area contributed by atoms with Crippen LogP contribution in [0.15, 0.2) is 29.3 Å². The van der Waals surface area contributed by atoms with Gasteiger partial charge in [-0.2, -0.15) is 18.3 Å². The highest BCUT2D eigenvalue weighted by atomic mass is 127. The van der Waals surface area contributed by atoms with Gasteiger partial charge in [0.2, 0.25) is 0 Å². The molecule has 0 saturated heterocycles. The van der Waals surface area contributed by atoms with Gasteiger partial charge in [-0.15, -0.1) is 24.0 Å². The molecule has 0 amide bonds. The van der Waals surface area contributed by atoms with Crippen LogP contribution in [0.25, 0.3) is 0 Å². The standard InChI is InChI=1S/C22H32F3N5O.HI/c1-6-26-21(28-15(2)10-20-16(3)29-30(5)17(20)4)27-12-18-8-7-9-19(11-18)13-31-14-22(23,24)25;/h7-9,11,15H,6,10,12-14H2,1-5H3,(H2,26,27,28);1H. The van der Waals surface area contributed by atoms with Crippen LogP contribution < -0.4 is 10.6 Å². The average molecular weight is 567 g/mol. The minimum Gasteiger partial charge on any atom is -0.367 e. The maximum absolute atomic E-state index is 12.2. The van der Waals surface area contributed by atoms with E-state index in [2.05, 4.69) is 34.6 Å². The predicted octanol–water partition coefficient (Wildman–Crippen LogP) is 4.42. The number of rotatable bonds is 9. The second-order valence-corrected chi connectivity index (χ2v) is 7.65. The highest BCUT2D eigenvalue weighted by Gasteiger charge is 2.27. The molecule has 1 aromatic carbocycles. The van der Waals surface area contributed by atoms with Gasteiger partial charge in [0.1, 0.15) is 6.61 Å². The Hall–Kier alpha value is -1.82. The normalized spacial score (nSPS) is 12.9. The Kier molecular flexibility index (Phi) is 11.5. The summed E-state index contributed by atoms with van der Waals surface area (Å²) in [4.78, 5) is 4.63. The van der Waals surface area contributed by atoms with Crippen LogP contribution in [0, 0.1) is 13.8 Å². The number of halogens is 4. The van der Waals surface area contributed by atoms with E-state index >= 15 is 0 Å². The van der Waals surface area contributed by atoms with Gasteiger partial charge in [0.15, 0.2) is 5.96 Å². The average Bonchev–Trinajstić information content (AvgIpc) is 2.92. The van der Waals surface area contributed by atoms with Crippen molar-refractivity contribution in [3.63, 3.8) is 0 Å². The van der Waals surface area contributed by atoms with Gasteiger partial charge in [-0.1, -0.05) is 24.3 Å². The van der Waals surface area contributed by atoms with Crippen LogP contribution in [-0.2, 0) is 31.4 Å². The highest BCUT2D eigenvalue weighted by Crippen LogP contribution is 2.16. The molecular formula is C22H33F3IN5O. The van der Waals surface area contributed by atoms with Crippen molar-refractivity contribution < 1.29 is 17.9 Å². The number of nitrogens with one attached hydrogen (secondary N) is 2. The van der Waals surface area contributed by atoms with Crippen LogP contribution in [0.4, 0.5) is 13.2 Å². The van der Waals surface area contributed by atoms with E-state index in [0.717, 1.165) is 29.9 Å². The van der Waals surface area contributed by atoms with Gasteiger partial charge in [-0.3, -0.25) is 4.68 Å². The van der Waals surface area contributed by atoms with E-state index in [4.69, 9.17) is 4.74 Å². The van der Waals surface area contributed by atoms with Crippen LogP contribution in [0.3, 0.4) is 0 Å². The third-order valence-electron chi connectivity index (χ3n) is 4.84. The molecule has 180 valence electrons. The van der Waals surface area contributed by atoms with Crippen LogP contribution in [0.5, 0.6) is 0 Å². The fraction of sp³-hybridized carbons (Fsp3) is 0.545. The van der Waals surface area contributed by atoms with Crippen molar-refractivity contribution in [1.82, 2.24) is 20.4 Å². The first-order valence-electron chi connectivity index (χ1n) is 10.3. The molecule has 0 bridgehead atoms. The van der Waals surface area contributed by atoms with E-state index in [0.29, 0.717) is 18.1 Å². The number of aliphatic imine (C=N–C) groups is 1. The van der Waals surface area contributed by atoms with Crippen molar-refractivity contribution in [3.8, 4) is 0 Å². The molecule has 0 aliphatic carbocycles. The smallest absolute Gasteiger partial charge is 0.367 e. The van der Waals surface area contributed by atoms with Gasteiger partial charge in [0, 0.05) is 25.3 Å². The SMILES string of the molecule is CCNC(=NCc1cccc(COCC(F)(F)F)c1)NC(C)Cc1c(C)nn(C)c1C.I. The Bertz CT molecular complexity index is 883. The van der Waals surface area contributed by atoms with E-state index in [1.165, 1.54) is 5.56 Å². The number of benzene rings is 1. The first-order chi connectivity index (χ1) is 14.6. The molecule has 0 aliphatic heterocycles. The summed E-state index contributed by atoms with van der Waals surface area (Å²) < 4.78 is 43.4. The summed E-state index contributed by atoms with van der Waals surface area (Å²) in [6.45, 7) is 7.95. The molecule has 0 spiro atoms. The predicted molar refractivity (Wildman–Crippen MR) is 131 cm³/mol. The minimum absolute atomic E-state index is 0. The number of aromatic nitrogens is 2. The molecule has 2 rings (SSSR count). The van der Waals surface area contributed by atoms with E-state index in [-0.39, 0.29) is 36.6 Å². The molecule has 1 aromatic heterocycles. The van der Waals surface area contributed by atoms with Gasteiger partial charge in [-0.25, -0.2) is 4.99 Å². The molecule has 1 unspecified atom stereocenters. The number of guanidine groups is 1. The zero-order chi connectivity index (χ0) is 23.0. The second kappa shape index (κ2) is 13.0. The highest BCUT2D eigenvalue weighted by molar-refractivity contribution is 14.0. The lowest BCUT2D eigenvalue weighted by molar-refractivity contribution is -0.176. The number of hydrogen-bond acceptors (Lipinski definition) is 3. The van der Waals surface area contributed by atoms with E-state index in [9.17, 15) is 13.2 Å². The van der Waals surface area contributed by atoms with Crippen molar-refractivity contribution in [1.29, 1.82) is 0 Å². The number of hydrogen-bond donors (Lipinski definition) is 2. The fourth-order valence-corrected chi connectivity index (χ4v) is 3.30. The summed E-state index contributed by atoms with van der Waals surface area (Å²) in [5.74, 6) is 0.688. The first kappa shape index (κ1) is 28.2. The first-order valence-corrected chi connectivity index (χ1v) is 10.3. The maximum atomic E-state index is 12.2. The van der Waals surface area contributed by atoms with Crippen molar-refractivity contribution in [3.05, 3.63) is 52.3 Å². The Labute approximate surface area is 205 Å². The summed E-state index contributed by atoms with van der Waals surface area (Å²) in [6.07, 6.45) is -3.50. The molecule has 1 heterocycles. The van der Waals surface area contributed by atoms with Crippen molar-refractivity contribution in [2.75, 3.05) is 13.2 Å². The van der Waals surface area contributed by atoms with Crippen LogP contribution in [-0.4, -0.2) is 41.1 Å². The maximum Gasteiger partial charge on any atom is 0.411 e. The molecule has 1 atom stereocenters. The van der Waals surface area contributed by atoms with E-state index < -0.39 is 12.8 Å². The van der Waals surface area contributed by atoms with Gasteiger partial charge in [-0.05, 0) is 50.8 Å². The number of ether oxygens (including phenoxy) is 1. The molecule has 2 aromatic rings. The summed E-state index contributed by atoms with van der Waals surface area (Å²) >= 11 is 0. The summed E-state index contributed by atoms with van der Waals surface area (Å²) in [5.41, 5.74) is 4.99. The lowest BCUT2D eigenvalue weighted by Gasteiger charge is -2.18. The second-order valence-electron chi connectivity index (χ2n) is 7.65. The quantitative estimate of drug-likeness (QED) is 0.268. The molecule has 10 heteroatoms. The zero-order valence-electron chi connectivity index (χ0n) is 19.2. The summed E-state index contributed by atoms with van der Waals surface area (Å²) in [7, 11) is 1.94. The van der Waals surface area contributed by atoms with E-state index in [1.54, 1.807) is 12.1 Å². The van der Waals surface area contributed by atoms with Crippen LogP contribution >= 0.6 is 24.0 Å². The third kappa shape index (κ3) is 9.35. The van der Waals surface area contributed by atoms with E-state index in [1.807, 2.05) is 37.7 Å². The third-order valence-corrected chi connectivity index (χ3v) is 4.84. The molecule has 0 fully saturated rings. The van der Waals surface area contributed by atoms with Crippen molar-refractivity contribution in [2.45, 2.75) is 59.5 Å². The lowest BCUT2D eigenvalue weighted by Crippen LogP contribution is -2.43. The number of nitrogens with zero attached hydrogens (tertiary/aromatic N) is 3. The summed E-state index contributed by atoms with van der Waals surface area (Å²) in [5, 5.41) is 11.1. The topological polar surface area (TPSA) is 63.5 Å². The molecule has 32 heavy (non-hydrogen) atoms. The molecular weight excluding hydrogens is 534 g/mol. The van der Waals surface area contributed by atoms with Gasteiger partial charge < -0.3 is 15.4 Å². The number of alkyl halides is 3. The monoisotopic (exact) mass is 567 g/mol. The van der Waals surface area contributed by atoms with Crippen LogP contribution in [0.1, 0.15) is 41.9 Å². The Morgan fingerprint density at radius 2 is 1.94 bits per heavy atom. The van der Waals surface area contributed by atoms with Gasteiger partial charge in [0.25, 0.3) is 0 Å². The Morgan fingerprint density at radius 3 is 2.53 bits per heavy atom. The van der Waals surface area contributed by atoms with Crippen molar-refractivity contribution >= 4 is 29.9 Å². The molecule has 0 radical (unpaired) electrons. The lowest BCUT2D eigenvalue weighted by atomic mass is 10.1. The van der Waals surface area contributed by atoms with Crippen LogP contribution in [0.2, 0.25) is 0 Å². The molecule has 0 aliphatic rings. The number of aryl methyl sites for hydroxylation is 2. The fourth-order valence-electron chi connectivity index (χ4n) is 3.30. The largest absolute Gasteiger partial charge is 0.411 e. The Balaban J connectivity index is 0.00000512. The summed E-state index contributed by atoms with van der Waals surface area (Å²) in [6, 6.07) is 7.39. The minimum atomic E-state index is -4.32. The van der Waals surface area contributed by atoms with Gasteiger partial charge in [0.05, 0.1) is 18.8 Å².